The number of piperazine rings is 1. The highest BCUT2D eigenvalue weighted by Gasteiger charge is 2.27. The molecule has 5 rings (SSSR count). The molecular weight excluding hydrogens is 360 g/mol. The van der Waals surface area contributed by atoms with Gasteiger partial charge in [0.15, 0.2) is 0 Å². The van der Waals surface area contributed by atoms with E-state index in [1.807, 2.05) is 30.3 Å². The number of hydrogen-bond acceptors (Lipinski definition) is 4. The minimum Gasteiger partial charge on any atom is -0.354 e. The lowest BCUT2D eigenvalue weighted by Crippen LogP contribution is -2.45. The van der Waals surface area contributed by atoms with Crippen molar-refractivity contribution < 1.29 is 4.79 Å². The number of nitrogens with one attached hydrogen (secondary N) is 2. The second-order valence-corrected chi connectivity index (χ2v) is 7.88. The van der Waals surface area contributed by atoms with Crippen molar-refractivity contribution >= 4 is 28.9 Å². The molecule has 0 bridgehead atoms. The van der Waals surface area contributed by atoms with Crippen LogP contribution in [-0.4, -0.2) is 48.4 Å². The number of allylic oxidation sites excluding steroid dienone is 1. The summed E-state index contributed by atoms with van der Waals surface area (Å²) < 4.78 is 0. The summed E-state index contributed by atoms with van der Waals surface area (Å²) in [7, 11) is 0. The second kappa shape index (κ2) is 7.50. The number of carbonyl (C=O) groups is 1. The summed E-state index contributed by atoms with van der Waals surface area (Å²) in [4.78, 5) is 17.5. The van der Waals surface area contributed by atoms with Gasteiger partial charge < -0.3 is 15.5 Å². The quantitative estimate of drug-likeness (QED) is 0.791. The SMILES string of the molecule is CCN1CCN(Cc2ccc3c(c2)C=CC(=C2C(=O)Nc4ccccc42)N3)CC1. The largest absolute Gasteiger partial charge is 0.354 e. The van der Waals surface area contributed by atoms with Crippen molar-refractivity contribution in [3.63, 3.8) is 0 Å². The average molecular weight is 386 g/mol. The van der Waals surface area contributed by atoms with E-state index in [1.165, 1.54) is 11.1 Å². The lowest BCUT2D eigenvalue weighted by Gasteiger charge is -2.34. The number of nitrogens with zero attached hydrogens (tertiary/aromatic N) is 2. The normalized spacial score (nSPS) is 21.5. The number of benzene rings is 2. The van der Waals surface area contributed by atoms with Crippen LogP contribution in [0.5, 0.6) is 0 Å². The number of amides is 1. The summed E-state index contributed by atoms with van der Waals surface area (Å²) in [5.74, 6) is -0.0513. The first-order valence-electron chi connectivity index (χ1n) is 10.4. The Morgan fingerprint density at radius 2 is 1.69 bits per heavy atom. The van der Waals surface area contributed by atoms with E-state index in [1.54, 1.807) is 0 Å². The summed E-state index contributed by atoms with van der Waals surface area (Å²) in [6.45, 7) is 8.93. The number of carbonyl (C=O) groups excluding carboxylic acids is 1. The first kappa shape index (κ1) is 18.2. The van der Waals surface area contributed by atoms with Gasteiger partial charge in [0.25, 0.3) is 5.91 Å². The molecule has 0 saturated carbocycles. The molecule has 0 aromatic heterocycles. The van der Waals surface area contributed by atoms with Crippen LogP contribution < -0.4 is 10.6 Å². The Kier molecular flexibility index (Phi) is 4.70. The fourth-order valence-electron chi connectivity index (χ4n) is 4.37. The topological polar surface area (TPSA) is 47.6 Å². The van der Waals surface area contributed by atoms with Gasteiger partial charge in [-0.1, -0.05) is 37.3 Å². The van der Waals surface area contributed by atoms with Crippen LogP contribution in [0.4, 0.5) is 11.4 Å². The van der Waals surface area contributed by atoms with Gasteiger partial charge in [-0.2, -0.15) is 0 Å². The maximum Gasteiger partial charge on any atom is 0.258 e. The monoisotopic (exact) mass is 386 g/mol. The van der Waals surface area contributed by atoms with Gasteiger partial charge in [0.1, 0.15) is 0 Å². The molecule has 2 aromatic carbocycles. The van der Waals surface area contributed by atoms with Crippen molar-refractivity contribution in [3.05, 3.63) is 70.9 Å². The minimum absolute atomic E-state index is 0.0513. The zero-order chi connectivity index (χ0) is 19.8. The third-order valence-corrected chi connectivity index (χ3v) is 6.07. The molecule has 0 radical (unpaired) electrons. The maximum absolute atomic E-state index is 12.5. The van der Waals surface area contributed by atoms with Gasteiger partial charge in [-0.15, -0.1) is 0 Å². The lowest BCUT2D eigenvalue weighted by atomic mass is 9.99. The Morgan fingerprint density at radius 1 is 0.897 bits per heavy atom. The highest BCUT2D eigenvalue weighted by Crippen LogP contribution is 2.36. The Morgan fingerprint density at radius 3 is 2.52 bits per heavy atom. The first-order chi connectivity index (χ1) is 14.2. The summed E-state index contributed by atoms with van der Waals surface area (Å²) in [6, 6.07) is 14.4. The summed E-state index contributed by atoms with van der Waals surface area (Å²) >= 11 is 0. The van der Waals surface area contributed by atoms with Gasteiger partial charge in [-0.25, -0.2) is 0 Å². The second-order valence-electron chi connectivity index (χ2n) is 7.88. The molecule has 29 heavy (non-hydrogen) atoms. The number of fused-ring (bicyclic) bond motifs is 2. The molecule has 1 amide bonds. The molecule has 5 heteroatoms. The van der Waals surface area contributed by atoms with Crippen LogP contribution in [-0.2, 0) is 11.3 Å². The molecule has 5 nitrogen and oxygen atoms in total. The van der Waals surface area contributed by atoms with E-state index in [4.69, 9.17) is 0 Å². The molecule has 2 N–H and O–H groups in total. The molecular formula is C24H26N4O. The molecule has 3 heterocycles. The molecule has 0 atom stereocenters. The van der Waals surface area contributed by atoms with Gasteiger partial charge in [0.2, 0.25) is 0 Å². The fraction of sp³-hybridized carbons (Fsp3) is 0.292. The lowest BCUT2D eigenvalue weighted by molar-refractivity contribution is -0.110. The summed E-state index contributed by atoms with van der Waals surface area (Å²) in [5, 5.41) is 6.42. The third-order valence-electron chi connectivity index (χ3n) is 6.07. The van der Waals surface area contributed by atoms with Crippen molar-refractivity contribution in [1.29, 1.82) is 0 Å². The van der Waals surface area contributed by atoms with E-state index in [-0.39, 0.29) is 5.91 Å². The fourth-order valence-corrected chi connectivity index (χ4v) is 4.37. The zero-order valence-electron chi connectivity index (χ0n) is 16.7. The van der Waals surface area contributed by atoms with Crippen molar-refractivity contribution in [2.75, 3.05) is 43.4 Å². The van der Waals surface area contributed by atoms with Crippen LogP contribution in [0, 0.1) is 0 Å². The molecule has 1 saturated heterocycles. The Labute approximate surface area is 171 Å². The van der Waals surface area contributed by atoms with Crippen molar-refractivity contribution in [1.82, 2.24) is 9.80 Å². The van der Waals surface area contributed by atoms with Gasteiger partial charge in [0.05, 0.1) is 11.3 Å². The van der Waals surface area contributed by atoms with Crippen LogP contribution in [0.15, 0.2) is 54.2 Å². The summed E-state index contributed by atoms with van der Waals surface area (Å²) in [6.07, 6.45) is 4.13. The minimum atomic E-state index is -0.0513. The summed E-state index contributed by atoms with van der Waals surface area (Å²) in [5.41, 5.74) is 6.94. The Bertz CT molecular complexity index is 1020. The van der Waals surface area contributed by atoms with E-state index in [9.17, 15) is 4.79 Å². The smallest absolute Gasteiger partial charge is 0.258 e. The van der Waals surface area contributed by atoms with Crippen molar-refractivity contribution in [2.45, 2.75) is 13.5 Å². The van der Waals surface area contributed by atoms with Crippen LogP contribution in [0.3, 0.4) is 0 Å². The number of hydrogen-bond donors (Lipinski definition) is 2. The highest BCUT2D eigenvalue weighted by molar-refractivity contribution is 6.33. The standard InChI is InChI=1S/C24H26N4O/c1-2-27-11-13-28(14-12-27)16-17-7-9-20-18(15-17)8-10-22(25-20)23-19-5-3-4-6-21(19)26-24(23)29/h3-10,15,25H,2,11-14,16H2,1H3,(H,26,29). The molecule has 1 fully saturated rings. The van der Waals surface area contributed by atoms with E-state index >= 15 is 0 Å². The molecule has 3 aliphatic heterocycles. The number of rotatable bonds is 3. The number of para-hydroxylation sites is 1. The molecule has 148 valence electrons. The van der Waals surface area contributed by atoms with Crippen molar-refractivity contribution in [2.24, 2.45) is 0 Å². The molecule has 0 spiro atoms. The Hall–Kier alpha value is -2.89. The Balaban J connectivity index is 1.36. The van der Waals surface area contributed by atoms with E-state index in [2.05, 4.69) is 51.6 Å². The van der Waals surface area contributed by atoms with E-state index < -0.39 is 0 Å². The molecule has 0 aliphatic carbocycles. The first-order valence-corrected chi connectivity index (χ1v) is 10.4. The van der Waals surface area contributed by atoms with Crippen LogP contribution >= 0.6 is 0 Å². The zero-order valence-corrected chi connectivity index (χ0v) is 16.7. The highest BCUT2D eigenvalue weighted by atomic mass is 16.2. The van der Waals surface area contributed by atoms with Gasteiger partial charge >= 0.3 is 0 Å². The third kappa shape index (κ3) is 3.48. The van der Waals surface area contributed by atoms with E-state index in [0.29, 0.717) is 5.57 Å². The predicted octanol–water partition coefficient (Wildman–Crippen LogP) is 3.63. The predicted molar refractivity (Wildman–Crippen MR) is 118 cm³/mol. The van der Waals surface area contributed by atoms with Crippen LogP contribution in [0.1, 0.15) is 23.6 Å². The van der Waals surface area contributed by atoms with E-state index in [0.717, 1.165) is 61.9 Å². The number of anilines is 2. The maximum atomic E-state index is 12.5. The van der Waals surface area contributed by atoms with Gasteiger partial charge in [0, 0.05) is 49.7 Å². The van der Waals surface area contributed by atoms with Gasteiger partial charge in [-0.3, -0.25) is 9.69 Å². The van der Waals surface area contributed by atoms with Gasteiger partial charge in [-0.05, 0) is 41.9 Å². The number of likely N-dealkylation sites (N-methyl/N-ethyl adjacent to an activating group) is 1. The van der Waals surface area contributed by atoms with Crippen LogP contribution in [0.25, 0.3) is 11.6 Å². The molecule has 2 aromatic rings. The molecule has 0 unspecified atom stereocenters. The molecule has 3 aliphatic rings. The van der Waals surface area contributed by atoms with Crippen LogP contribution in [0.2, 0.25) is 0 Å². The van der Waals surface area contributed by atoms with Crippen molar-refractivity contribution in [3.8, 4) is 0 Å². The average Bonchev–Trinajstić information content (AvgIpc) is 3.09.